The quantitative estimate of drug-likeness (QED) is 0.438. The molecule has 26 heavy (non-hydrogen) atoms. The Morgan fingerprint density at radius 2 is 1.81 bits per heavy atom. The smallest absolute Gasteiger partial charge is 0.143 e. The van der Waals surface area contributed by atoms with E-state index in [4.69, 9.17) is 0 Å². The Hall–Kier alpha value is -1.13. The Labute approximate surface area is 160 Å². The van der Waals surface area contributed by atoms with E-state index in [1.807, 2.05) is 0 Å². The normalized spacial score (nSPS) is 22.8. The number of rotatable bonds is 10. The number of ketones is 1. The van der Waals surface area contributed by atoms with Crippen molar-refractivity contribution in [2.24, 2.45) is 0 Å². The second-order valence-corrected chi connectivity index (χ2v) is 8.07. The maximum atomic E-state index is 11.2. The molecule has 1 unspecified atom stereocenters. The largest absolute Gasteiger partial charge is 0.373 e. The lowest BCUT2D eigenvalue weighted by Crippen LogP contribution is -2.46. The zero-order chi connectivity index (χ0) is 18.9. The molecule has 1 atom stereocenters. The lowest BCUT2D eigenvalue weighted by Gasteiger charge is -2.36. The van der Waals surface area contributed by atoms with Crippen molar-refractivity contribution in [3.05, 3.63) is 23.9 Å². The van der Waals surface area contributed by atoms with Crippen LogP contribution in [0.25, 0.3) is 0 Å². The van der Waals surface area contributed by atoms with Gasteiger partial charge in [-0.15, -0.1) is 0 Å². The Morgan fingerprint density at radius 1 is 1.08 bits per heavy atom. The van der Waals surface area contributed by atoms with E-state index < -0.39 is 0 Å². The molecule has 0 aromatic rings. The number of nitrogens with zero attached hydrogens (tertiary/aromatic N) is 3. The van der Waals surface area contributed by atoms with Gasteiger partial charge in [-0.05, 0) is 66.0 Å². The minimum Gasteiger partial charge on any atom is -0.373 e. The molecule has 0 radical (unpaired) electrons. The first-order valence-electron chi connectivity index (χ1n) is 10.5. The molecule has 4 heteroatoms. The summed E-state index contributed by atoms with van der Waals surface area (Å²) in [5.74, 6) is 0.266. The average molecular weight is 362 g/mol. The summed E-state index contributed by atoms with van der Waals surface area (Å²) in [5.41, 5.74) is 2.83. The summed E-state index contributed by atoms with van der Waals surface area (Å²) in [6.07, 6.45) is 9.92. The molecule has 0 spiro atoms. The van der Waals surface area contributed by atoms with Gasteiger partial charge < -0.3 is 4.90 Å². The monoisotopic (exact) mass is 361 g/mol. The number of hydrogen-bond donors (Lipinski definition) is 0. The molecule has 4 nitrogen and oxygen atoms in total. The third-order valence-corrected chi connectivity index (χ3v) is 6.02. The molecule has 0 aromatic carbocycles. The van der Waals surface area contributed by atoms with Crippen LogP contribution >= 0.6 is 0 Å². The number of likely N-dealkylation sites (tertiary alicyclic amines) is 1. The summed E-state index contributed by atoms with van der Waals surface area (Å²) in [5, 5.41) is 0. The summed E-state index contributed by atoms with van der Waals surface area (Å²) in [4.78, 5) is 18.6. The van der Waals surface area contributed by atoms with Gasteiger partial charge in [0.25, 0.3) is 0 Å². The van der Waals surface area contributed by atoms with Gasteiger partial charge in [-0.1, -0.05) is 24.6 Å². The first kappa shape index (κ1) is 21.2. The molecule has 0 aromatic heterocycles. The van der Waals surface area contributed by atoms with Gasteiger partial charge in [0.2, 0.25) is 0 Å². The fourth-order valence-corrected chi connectivity index (χ4v) is 4.32. The predicted molar refractivity (Wildman–Crippen MR) is 110 cm³/mol. The molecule has 2 saturated heterocycles. The number of carbonyl (C=O) groups excluding carboxylic acids is 1. The van der Waals surface area contributed by atoms with E-state index >= 15 is 0 Å². The average Bonchev–Trinajstić information content (AvgIpc) is 3.09. The van der Waals surface area contributed by atoms with Gasteiger partial charge in [0.15, 0.2) is 0 Å². The fourth-order valence-electron chi connectivity index (χ4n) is 4.32. The van der Waals surface area contributed by atoms with Gasteiger partial charge in [0.05, 0.1) is 6.54 Å². The lowest BCUT2D eigenvalue weighted by molar-refractivity contribution is -0.118. The van der Waals surface area contributed by atoms with Crippen LogP contribution in [0.4, 0.5) is 0 Å². The minimum absolute atomic E-state index is 0.266. The summed E-state index contributed by atoms with van der Waals surface area (Å²) < 4.78 is 0. The van der Waals surface area contributed by atoms with Crippen LogP contribution in [0, 0.1) is 0 Å². The number of carbonyl (C=O) groups is 1. The van der Waals surface area contributed by atoms with Crippen molar-refractivity contribution in [2.45, 2.75) is 65.3 Å². The highest BCUT2D eigenvalue weighted by molar-refractivity contribution is 5.77. The van der Waals surface area contributed by atoms with Gasteiger partial charge in [0.1, 0.15) is 5.78 Å². The van der Waals surface area contributed by atoms with E-state index in [-0.39, 0.29) is 5.78 Å². The van der Waals surface area contributed by atoms with Crippen molar-refractivity contribution in [3.63, 3.8) is 0 Å². The van der Waals surface area contributed by atoms with Gasteiger partial charge in [-0.25, -0.2) is 0 Å². The molecule has 2 heterocycles. The van der Waals surface area contributed by atoms with Crippen LogP contribution in [0.5, 0.6) is 0 Å². The second kappa shape index (κ2) is 10.9. The third kappa shape index (κ3) is 6.55. The summed E-state index contributed by atoms with van der Waals surface area (Å²) in [6.45, 7) is 17.6. The molecule has 2 fully saturated rings. The van der Waals surface area contributed by atoms with E-state index in [1.54, 1.807) is 12.5 Å². The van der Waals surface area contributed by atoms with Crippen LogP contribution in [-0.2, 0) is 4.79 Å². The topological polar surface area (TPSA) is 26.8 Å². The predicted octanol–water partition coefficient (Wildman–Crippen LogP) is 3.70. The highest BCUT2D eigenvalue weighted by atomic mass is 16.1. The maximum Gasteiger partial charge on any atom is 0.143 e. The molecule has 0 N–H and O–H groups in total. The van der Waals surface area contributed by atoms with E-state index in [2.05, 4.69) is 41.2 Å². The Morgan fingerprint density at radius 3 is 2.46 bits per heavy atom. The highest BCUT2D eigenvalue weighted by Crippen LogP contribution is 2.24. The van der Waals surface area contributed by atoms with Gasteiger partial charge >= 0.3 is 0 Å². The van der Waals surface area contributed by atoms with Crippen LogP contribution in [0.1, 0.15) is 59.3 Å². The first-order valence-corrected chi connectivity index (χ1v) is 10.5. The Balaban J connectivity index is 1.57. The summed E-state index contributed by atoms with van der Waals surface area (Å²) in [7, 11) is 0. The maximum absolute atomic E-state index is 11.2. The fraction of sp³-hybridized carbons (Fsp3) is 0.773. The first-order chi connectivity index (χ1) is 12.5. The van der Waals surface area contributed by atoms with Crippen LogP contribution < -0.4 is 0 Å². The zero-order valence-electron chi connectivity index (χ0n) is 17.3. The van der Waals surface area contributed by atoms with Crippen molar-refractivity contribution >= 4 is 5.78 Å². The van der Waals surface area contributed by atoms with Gasteiger partial charge in [0, 0.05) is 37.9 Å². The van der Waals surface area contributed by atoms with E-state index in [9.17, 15) is 4.79 Å². The zero-order valence-corrected chi connectivity index (χ0v) is 17.3. The number of unbranched alkanes of at least 4 members (excludes halogenated alkanes) is 2. The van der Waals surface area contributed by atoms with E-state index in [0.29, 0.717) is 12.6 Å². The van der Waals surface area contributed by atoms with E-state index in [0.717, 1.165) is 32.6 Å². The Bertz CT molecular complexity index is 492. The molecule has 0 saturated carbocycles. The molecule has 148 valence electrons. The standard InChI is InChI=1S/C22H39N3O/c1-5-19(2)22-11-9-13-25(22)12-8-6-7-10-20(3)24-16-14-23(15-17-24)18-21(4)26/h5,22H,3,6-18H2,1-2,4H3/b19-5+. The number of Topliss-reactive ketones (excluding diaryl/α,β-unsaturated/α-hetero) is 1. The van der Waals surface area contributed by atoms with Gasteiger partial charge in [-0.2, -0.15) is 0 Å². The number of piperazine rings is 1. The molecule has 0 aliphatic carbocycles. The van der Waals surface area contributed by atoms with Crippen molar-refractivity contribution in [1.82, 2.24) is 14.7 Å². The van der Waals surface area contributed by atoms with Crippen molar-refractivity contribution in [2.75, 3.05) is 45.8 Å². The summed E-state index contributed by atoms with van der Waals surface area (Å²) >= 11 is 0. The highest BCUT2D eigenvalue weighted by Gasteiger charge is 2.24. The molecule has 0 bridgehead atoms. The molecule has 2 rings (SSSR count). The van der Waals surface area contributed by atoms with Gasteiger partial charge in [-0.3, -0.25) is 14.6 Å². The van der Waals surface area contributed by atoms with Crippen LogP contribution in [0.2, 0.25) is 0 Å². The van der Waals surface area contributed by atoms with Crippen molar-refractivity contribution < 1.29 is 4.79 Å². The Kier molecular flexibility index (Phi) is 8.86. The lowest BCUT2D eigenvalue weighted by atomic mass is 10.1. The van der Waals surface area contributed by atoms with Crippen LogP contribution in [0.3, 0.4) is 0 Å². The molecule has 2 aliphatic heterocycles. The minimum atomic E-state index is 0.266. The van der Waals surface area contributed by atoms with E-state index in [1.165, 1.54) is 50.9 Å². The molecule has 0 amide bonds. The number of hydrogen-bond acceptors (Lipinski definition) is 4. The third-order valence-electron chi connectivity index (χ3n) is 6.02. The molecular formula is C22H39N3O. The van der Waals surface area contributed by atoms with Crippen molar-refractivity contribution in [1.29, 1.82) is 0 Å². The van der Waals surface area contributed by atoms with Crippen LogP contribution in [0.15, 0.2) is 23.9 Å². The second-order valence-electron chi connectivity index (χ2n) is 8.07. The van der Waals surface area contributed by atoms with Crippen molar-refractivity contribution in [3.8, 4) is 0 Å². The SMILES string of the molecule is C=C(CCCCCN1CCCC1/C(C)=C/C)N1CCN(CC(C)=O)CC1. The summed E-state index contributed by atoms with van der Waals surface area (Å²) in [6, 6.07) is 0.696. The number of allylic oxidation sites excluding steroid dienone is 2. The van der Waals surface area contributed by atoms with Crippen LogP contribution in [-0.4, -0.2) is 72.3 Å². The molecule has 2 aliphatic rings. The molecular weight excluding hydrogens is 322 g/mol.